The Morgan fingerprint density at radius 2 is 1.40 bits per heavy atom. The van der Waals surface area contributed by atoms with E-state index in [1.165, 1.54) is 22.3 Å². The zero-order valence-corrected chi connectivity index (χ0v) is 17.3. The molecule has 0 saturated carbocycles. The van der Waals surface area contributed by atoms with E-state index in [-0.39, 0.29) is 0 Å². The van der Waals surface area contributed by atoms with Crippen LogP contribution in [-0.4, -0.2) is 29.9 Å². The average Bonchev–Trinajstić information content (AvgIpc) is 2.81. The van der Waals surface area contributed by atoms with Crippen molar-refractivity contribution < 1.29 is 4.79 Å². The Morgan fingerprint density at radius 1 is 0.733 bits per heavy atom. The fraction of sp³-hybridized carbons (Fsp3) is 0.296. The topological polar surface area (TPSA) is 23.6 Å². The molecule has 2 aliphatic rings. The molecule has 3 aromatic rings. The molecule has 1 amide bonds. The number of fused-ring (bicyclic) bond motifs is 1. The van der Waals surface area contributed by atoms with Crippen LogP contribution in [0.3, 0.4) is 0 Å². The van der Waals surface area contributed by atoms with E-state index in [1.807, 2.05) is 0 Å². The van der Waals surface area contributed by atoms with Gasteiger partial charge in [-0.3, -0.25) is 9.69 Å². The second kappa shape index (κ2) is 8.45. The number of anilines is 1. The number of hydrogen-bond donors (Lipinski definition) is 0. The van der Waals surface area contributed by atoms with E-state index in [0.29, 0.717) is 18.4 Å². The maximum absolute atomic E-state index is 12.7. The first-order chi connectivity index (χ1) is 14.8. The standard InChI is InChI=1S/C27H28N2O/c30-27-15-14-24-8-4-5-9-26(24)29(27)25-16-18-28(19-17-25)20-21-10-12-23(13-11-21)22-6-2-1-3-7-22/h1-13,25H,14-20H2. The summed E-state index contributed by atoms with van der Waals surface area (Å²) in [4.78, 5) is 17.3. The number of rotatable bonds is 4. The molecule has 3 heteroatoms. The van der Waals surface area contributed by atoms with Crippen molar-refractivity contribution in [1.29, 1.82) is 0 Å². The predicted octanol–water partition coefficient (Wildman–Crippen LogP) is 5.30. The summed E-state index contributed by atoms with van der Waals surface area (Å²) in [5.41, 5.74) is 6.34. The fourth-order valence-electron chi connectivity index (χ4n) is 4.88. The van der Waals surface area contributed by atoms with Gasteiger partial charge >= 0.3 is 0 Å². The third-order valence-electron chi connectivity index (χ3n) is 6.52. The largest absolute Gasteiger partial charge is 0.309 e. The van der Waals surface area contributed by atoms with Crippen LogP contribution in [0.2, 0.25) is 0 Å². The Morgan fingerprint density at radius 3 is 2.17 bits per heavy atom. The zero-order chi connectivity index (χ0) is 20.3. The lowest BCUT2D eigenvalue weighted by Crippen LogP contribution is -2.49. The normalized spacial score (nSPS) is 17.7. The van der Waals surface area contributed by atoms with Gasteiger partial charge in [0, 0.05) is 37.8 Å². The van der Waals surface area contributed by atoms with E-state index < -0.39 is 0 Å². The van der Waals surface area contributed by atoms with Crippen LogP contribution in [0.15, 0.2) is 78.9 Å². The minimum absolute atomic E-state index is 0.295. The first-order valence-corrected chi connectivity index (χ1v) is 11.0. The van der Waals surface area contributed by atoms with Crippen LogP contribution in [0.5, 0.6) is 0 Å². The Labute approximate surface area is 178 Å². The van der Waals surface area contributed by atoms with Crippen molar-refractivity contribution in [2.45, 2.75) is 38.3 Å². The molecule has 0 aromatic heterocycles. The van der Waals surface area contributed by atoms with Crippen LogP contribution in [0.25, 0.3) is 11.1 Å². The lowest BCUT2D eigenvalue weighted by molar-refractivity contribution is -0.119. The smallest absolute Gasteiger partial charge is 0.227 e. The van der Waals surface area contributed by atoms with Crippen molar-refractivity contribution in [3.8, 4) is 11.1 Å². The highest BCUT2D eigenvalue weighted by molar-refractivity contribution is 5.97. The van der Waals surface area contributed by atoms with Crippen molar-refractivity contribution >= 4 is 11.6 Å². The number of nitrogens with zero attached hydrogens (tertiary/aromatic N) is 2. The summed E-state index contributed by atoms with van der Waals surface area (Å²) in [6, 6.07) is 28.2. The first-order valence-electron chi connectivity index (χ1n) is 11.0. The van der Waals surface area contributed by atoms with Gasteiger partial charge in [0.05, 0.1) is 0 Å². The molecule has 2 heterocycles. The second-order valence-electron chi connectivity index (χ2n) is 8.46. The number of carbonyl (C=O) groups is 1. The van der Waals surface area contributed by atoms with Crippen LogP contribution >= 0.6 is 0 Å². The summed E-state index contributed by atoms with van der Waals surface area (Å²) in [5, 5.41) is 0. The van der Waals surface area contributed by atoms with Gasteiger partial charge in [-0.2, -0.15) is 0 Å². The summed E-state index contributed by atoms with van der Waals surface area (Å²) in [5.74, 6) is 0.295. The van der Waals surface area contributed by atoms with E-state index in [2.05, 4.69) is 88.7 Å². The van der Waals surface area contributed by atoms with Crippen LogP contribution in [0, 0.1) is 0 Å². The number of aryl methyl sites for hydroxylation is 1. The Balaban J connectivity index is 1.21. The number of amides is 1. The number of hydrogen-bond acceptors (Lipinski definition) is 2. The van der Waals surface area contributed by atoms with Crippen molar-refractivity contribution in [2.24, 2.45) is 0 Å². The predicted molar refractivity (Wildman–Crippen MR) is 122 cm³/mol. The van der Waals surface area contributed by atoms with Crippen LogP contribution in [0.1, 0.15) is 30.4 Å². The fourth-order valence-corrected chi connectivity index (χ4v) is 4.88. The molecule has 2 aliphatic heterocycles. The lowest BCUT2D eigenvalue weighted by atomic mass is 9.95. The van der Waals surface area contributed by atoms with Gasteiger partial charge in [-0.25, -0.2) is 0 Å². The summed E-state index contributed by atoms with van der Waals surface area (Å²) >= 11 is 0. The quantitative estimate of drug-likeness (QED) is 0.598. The van der Waals surface area contributed by atoms with Gasteiger partial charge in [-0.1, -0.05) is 72.8 Å². The van der Waals surface area contributed by atoms with E-state index in [0.717, 1.165) is 44.6 Å². The molecule has 30 heavy (non-hydrogen) atoms. The second-order valence-corrected chi connectivity index (χ2v) is 8.46. The highest BCUT2D eigenvalue weighted by Crippen LogP contribution is 2.32. The Bertz CT molecular complexity index is 1000. The third kappa shape index (κ3) is 3.90. The van der Waals surface area contributed by atoms with Crippen molar-refractivity contribution in [3.63, 3.8) is 0 Å². The summed E-state index contributed by atoms with van der Waals surface area (Å²) < 4.78 is 0. The molecule has 0 radical (unpaired) electrons. The zero-order valence-electron chi connectivity index (χ0n) is 17.3. The molecule has 3 nitrogen and oxygen atoms in total. The van der Waals surface area contributed by atoms with Crippen molar-refractivity contribution in [1.82, 2.24) is 4.90 Å². The summed E-state index contributed by atoms with van der Waals surface area (Å²) in [6.07, 6.45) is 3.61. The van der Waals surface area contributed by atoms with Gasteiger partial charge in [-0.05, 0) is 47.6 Å². The van der Waals surface area contributed by atoms with E-state index in [4.69, 9.17) is 0 Å². The van der Waals surface area contributed by atoms with Crippen molar-refractivity contribution in [3.05, 3.63) is 90.0 Å². The monoisotopic (exact) mass is 396 g/mol. The Hall–Kier alpha value is -2.91. The van der Waals surface area contributed by atoms with E-state index in [1.54, 1.807) is 0 Å². The molecule has 1 fully saturated rings. The van der Waals surface area contributed by atoms with Crippen LogP contribution in [-0.2, 0) is 17.8 Å². The van der Waals surface area contributed by atoms with Gasteiger partial charge < -0.3 is 4.90 Å². The molecule has 1 saturated heterocycles. The number of para-hydroxylation sites is 1. The van der Waals surface area contributed by atoms with Gasteiger partial charge in [0.25, 0.3) is 0 Å². The molecule has 0 bridgehead atoms. The number of benzene rings is 3. The number of carbonyl (C=O) groups excluding carboxylic acids is 1. The van der Waals surface area contributed by atoms with Gasteiger partial charge in [0.1, 0.15) is 0 Å². The minimum atomic E-state index is 0.295. The van der Waals surface area contributed by atoms with Gasteiger partial charge in [0.2, 0.25) is 5.91 Å². The molecule has 0 unspecified atom stereocenters. The maximum atomic E-state index is 12.7. The summed E-state index contributed by atoms with van der Waals surface area (Å²) in [6.45, 7) is 3.06. The van der Waals surface area contributed by atoms with Crippen LogP contribution in [0.4, 0.5) is 5.69 Å². The minimum Gasteiger partial charge on any atom is -0.309 e. The molecule has 0 atom stereocenters. The highest BCUT2D eigenvalue weighted by Gasteiger charge is 2.32. The van der Waals surface area contributed by atoms with E-state index in [9.17, 15) is 4.79 Å². The van der Waals surface area contributed by atoms with E-state index >= 15 is 0 Å². The van der Waals surface area contributed by atoms with Crippen LogP contribution < -0.4 is 4.90 Å². The van der Waals surface area contributed by atoms with Gasteiger partial charge in [0.15, 0.2) is 0 Å². The Kier molecular flexibility index (Phi) is 5.37. The average molecular weight is 397 g/mol. The third-order valence-corrected chi connectivity index (χ3v) is 6.52. The van der Waals surface area contributed by atoms with Gasteiger partial charge in [-0.15, -0.1) is 0 Å². The lowest BCUT2D eigenvalue weighted by Gasteiger charge is -2.41. The number of piperidine rings is 1. The molecular formula is C27H28N2O. The molecule has 0 spiro atoms. The maximum Gasteiger partial charge on any atom is 0.227 e. The first kappa shape index (κ1) is 19.1. The van der Waals surface area contributed by atoms with Crippen molar-refractivity contribution in [2.75, 3.05) is 18.0 Å². The molecule has 5 rings (SSSR count). The molecule has 0 aliphatic carbocycles. The summed E-state index contributed by atoms with van der Waals surface area (Å²) in [7, 11) is 0. The SMILES string of the molecule is O=C1CCc2ccccc2N1C1CCN(Cc2ccc(-c3ccccc3)cc2)CC1. The molecule has 3 aromatic carbocycles. The molecule has 152 valence electrons. The molecular weight excluding hydrogens is 368 g/mol. The number of likely N-dealkylation sites (tertiary alicyclic amines) is 1. The highest BCUT2D eigenvalue weighted by atomic mass is 16.2. The molecule has 0 N–H and O–H groups in total.